The summed E-state index contributed by atoms with van der Waals surface area (Å²) in [5.74, 6) is 1.00. The highest BCUT2D eigenvalue weighted by Crippen LogP contribution is 2.20. The van der Waals surface area contributed by atoms with E-state index in [-0.39, 0.29) is 24.8 Å². The Kier molecular flexibility index (Phi) is 9.75. The Bertz CT molecular complexity index is 612. The molecule has 3 heterocycles. The van der Waals surface area contributed by atoms with Gasteiger partial charge in [-0.05, 0) is 44.5 Å². The molecule has 2 aromatic rings. The van der Waals surface area contributed by atoms with Gasteiger partial charge in [0.25, 0.3) is 0 Å². The molecular formula is C17H26Cl3N5. The molecule has 140 valence electrons. The van der Waals surface area contributed by atoms with Gasteiger partial charge in [0.15, 0.2) is 0 Å². The third-order valence-electron chi connectivity index (χ3n) is 4.53. The van der Waals surface area contributed by atoms with Crippen LogP contribution >= 0.6 is 36.4 Å². The first-order valence-corrected chi connectivity index (χ1v) is 8.62. The quantitative estimate of drug-likeness (QED) is 0.826. The van der Waals surface area contributed by atoms with E-state index in [9.17, 15) is 0 Å². The molecule has 1 N–H and O–H groups in total. The van der Waals surface area contributed by atoms with E-state index in [1.54, 1.807) is 6.20 Å². The van der Waals surface area contributed by atoms with Crippen molar-refractivity contribution in [3.8, 4) is 0 Å². The zero-order valence-electron chi connectivity index (χ0n) is 14.4. The van der Waals surface area contributed by atoms with Crippen LogP contribution in [-0.4, -0.2) is 38.6 Å². The van der Waals surface area contributed by atoms with Gasteiger partial charge in [0.2, 0.25) is 0 Å². The van der Waals surface area contributed by atoms with Crippen LogP contribution in [0.25, 0.3) is 0 Å². The number of halogens is 3. The number of nitrogens with one attached hydrogen (secondary N) is 1. The molecule has 25 heavy (non-hydrogen) atoms. The molecule has 1 fully saturated rings. The van der Waals surface area contributed by atoms with Crippen molar-refractivity contribution < 1.29 is 0 Å². The van der Waals surface area contributed by atoms with Crippen molar-refractivity contribution in [1.29, 1.82) is 0 Å². The molecule has 0 aromatic carbocycles. The summed E-state index contributed by atoms with van der Waals surface area (Å²) in [5, 5.41) is 4.17. The van der Waals surface area contributed by atoms with Crippen LogP contribution in [0.4, 0.5) is 0 Å². The minimum absolute atomic E-state index is 0. The molecule has 5 nitrogen and oxygen atoms in total. The molecule has 2 aromatic heterocycles. The molecule has 0 aliphatic carbocycles. The summed E-state index contributed by atoms with van der Waals surface area (Å²) in [5.41, 5.74) is 1.10. The van der Waals surface area contributed by atoms with Crippen molar-refractivity contribution in [2.45, 2.75) is 38.4 Å². The number of aromatic nitrogens is 3. The summed E-state index contributed by atoms with van der Waals surface area (Å²) < 4.78 is 1.96. The van der Waals surface area contributed by atoms with Crippen LogP contribution in [0.2, 0.25) is 5.15 Å². The van der Waals surface area contributed by atoms with E-state index in [2.05, 4.69) is 26.3 Å². The van der Waals surface area contributed by atoms with Crippen LogP contribution in [0.15, 0.2) is 30.6 Å². The molecule has 1 aliphatic heterocycles. The Morgan fingerprint density at radius 2 is 2.04 bits per heavy atom. The second-order valence-corrected chi connectivity index (χ2v) is 6.50. The van der Waals surface area contributed by atoms with Crippen molar-refractivity contribution in [1.82, 2.24) is 24.8 Å². The summed E-state index contributed by atoms with van der Waals surface area (Å²) in [6, 6.07) is 6.64. The SMILES string of the molecule is Cl.Cl.Cn1c(Cl)cnc1CN(Cc1ccccn1)C1CCCNCC1. The third kappa shape index (κ3) is 6.12. The molecule has 8 heteroatoms. The van der Waals surface area contributed by atoms with Crippen molar-refractivity contribution in [2.75, 3.05) is 13.1 Å². The van der Waals surface area contributed by atoms with Crippen LogP contribution < -0.4 is 5.32 Å². The van der Waals surface area contributed by atoms with Gasteiger partial charge in [0.1, 0.15) is 11.0 Å². The monoisotopic (exact) mass is 405 g/mol. The maximum Gasteiger partial charge on any atom is 0.128 e. The van der Waals surface area contributed by atoms with E-state index < -0.39 is 0 Å². The predicted octanol–water partition coefficient (Wildman–Crippen LogP) is 3.46. The highest BCUT2D eigenvalue weighted by atomic mass is 35.5. The van der Waals surface area contributed by atoms with Gasteiger partial charge in [-0.1, -0.05) is 17.7 Å². The largest absolute Gasteiger partial charge is 0.321 e. The zero-order valence-corrected chi connectivity index (χ0v) is 16.8. The summed E-state index contributed by atoms with van der Waals surface area (Å²) in [4.78, 5) is 11.5. The molecule has 0 spiro atoms. The fourth-order valence-corrected chi connectivity index (χ4v) is 3.28. The Labute approximate surface area is 167 Å². The Morgan fingerprint density at radius 3 is 2.72 bits per heavy atom. The van der Waals surface area contributed by atoms with Crippen molar-refractivity contribution in [3.63, 3.8) is 0 Å². The Morgan fingerprint density at radius 1 is 1.20 bits per heavy atom. The van der Waals surface area contributed by atoms with Crippen molar-refractivity contribution in [2.24, 2.45) is 7.05 Å². The average Bonchev–Trinajstić information content (AvgIpc) is 2.79. The van der Waals surface area contributed by atoms with E-state index in [4.69, 9.17) is 11.6 Å². The highest BCUT2D eigenvalue weighted by molar-refractivity contribution is 6.29. The normalized spacial score (nSPS) is 17.5. The van der Waals surface area contributed by atoms with E-state index in [1.807, 2.05) is 29.9 Å². The number of hydrogen-bond acceptors (Lipinski definition) is 4. The Hall–Kier alpha value is -0.850. The van der Waals surface area contributed by atoms with Gasteiger partial charge in [-0.15, -0.1) is 24.8 Å². The standard InChI is InChI=1S/C17H24ClN5.2ClH/c1-22-16(18)11-21-17(22)13-23(12-14-5-2-3-9-20-14)15-6-4-8-19-10-7-15;;/h2-3,5,9,11,15,19H,4,6-8,10,12-13H2,1H3;2*1H. The molecule has 0 bridgehead atoms. The minimum atomic E-state index is 0. The van der Waals surface area contributed by atoms with E-state index in [0.717, 1.165) is 44.1 Å². The predicted molar refractivity (Wildman–Crippen MR) is 107 cm³/mol. The molecule has 0 saturated carbocycles. The number of nitrogens with zero attached hydrogens (tertiary/aromatic N) is 4. The lowest BCUT2D eigenvalue weighted by Crippen LogP contribution is -2.36. The number of hydrogen-bond donors (Lipinski definition) is 1. The van der Waals surface area contributed by atoms with Gasteiger partial charge < -0.3 is 9.88 Å². The van der Waals surface area contributed by atoms with Crippen LogP contribution in [0, 0.1) is 0 Å². The average molecular weight is 407 g/mol. The van der Waals surface area contributed by atoms with Gasteiger partial charge in [-0.3, -0.25) is 9.88 Å². The lowest BCUT2D eigenvalue weighted by atomic mass is 10.1. The third-order valence-corrected chi connectivity index (χ3v) is 4.88. The molecule has 1 saturated heterocycles. The van der Waals surface area contributed by atoms with Crippen LogP contribution in [-0.2, 0) is 20.1 Å². The maximum absolute atomic E-state index is 6.14. The lowest BCUT2D eigenvalue weighted by molar-refractivity contribution is 0.156. The van der Waals surface area contributed by atoms with Crippen LogP contribution in [0.1, 0.15) is 30.8 Å². The van der Waals surface area contributed by atoms with Gasteiger partial charge in [0.05, 0.1) is 18.4 Å². The lowest BCUT2D eigenvalue weighted by Gasteiger charge is -2.30. The fourth-order valence-electron chi connectivity index (χ4n) is 3.13. The van der Waals surface area contributed by atoms with Gasteiger partial charge >= 0.3 is 0 Å². The second kappa shape index (κ2) is 11.0. The summed E-state index contributed by atoms with van der Waals surface area (Å²) in [7, 11) is 1.97. The van der Waals surface area contributed by atoms with Gasteiger partial charge in [-0.25, -0.2) is 4.98 Å². The van der Waals surface area contributed by atoms with Gasteiger partial charge in [0, 0.05) is 25.8 Å². The molecule has 1 aliphatic rings. The van der Waals surface area contributed by atoms with E-state index in [1.165, 1.54) is 12.8 Å². The number of rotatable bonds is 5. The number of pyridine rings is 1. The summed E-state index contributed by atoms with van der Waals surface area (Å²) in [6.07, 6.45) is 7.16. The van der Waals surface area contributed by atoms with E-state index in [0.29, 0.717) is 11.2 Å². The van der Waals surface area contributed by atoms with Crippen molar-refractivity contribution in [3.05, 3.63) is 47.3 Å². The Balaban J connectivity index is 0.00000156. The molecule has 1 unspecified atom stereocenters. The van der Waals surface area contributed by atoms with E-state index >= 15 is 0 Å². The molecule has 1 atom stereocenters. The molecule has 0 amide bonds. The fraction of sp³-hybridized carbons (Fsp3) is 0.529. The first-order valence-electron chi connectivity index (χ1n) is 8.25. The molecular weight excluding hydrogens is 381 g/mol. The van der Waals surface area contributed by atoms with Crippen molar-refractivity contribution >= 4 is 36.4 Å². The van der Waals surface area contributed by atoms with Crippen LogP contribution in [0.3, 0.4) is 0 Å². The molecule has 3 rings (SSSR count). The first-order chi connectivity index (χ1) is 11.2. The first kappa shape index (κ1) is 22.2. The summed E-state index contributed by atoms with van der Waals surface area (Å²) >= 11 is 6.14. The second-order valence-electron chi connectivity index (χ2n) is 6.12. The smallest absolute Gasteiger partial charge is 0.128 e. The van der Waals surface area contributed by atoms with Crippen LogP contribution in [0.5, 0.6) is 0 Å². The molecule has 0 radical (unpaired) electrons. The highest BCUT2D eigenvalue weighted by Gasteiger charge is 2.22. The van der Waals surface area contributed by atoms with Gasteiger partial charge in [-0.2, -0.15) is 0 Å². The summed E-state index contributed by atoms with van der Waals surface area (Å²) in [6.45, 7) is 3.83. The zero-order chi connectivity index (χ0) is 16.1. The number of imidazole rings is 1. The topological polar surface area (TPSA) is 46.0 Å². The maximum atomic E-state index is 6.14. The minimum Gasteiger partial charge on any atom is -0.321 e.